The quantitative estimate of drug-likeness (QED) is 0.465. The lowest BCUT2D eigenvalue weighted by molar-refractivity contribution is -0.137. The van der Waals surface area contributed by atoms with E-state index < -0.39 is 39.1 Å². The second-order valence-electron chi connectivity index (χ2n) is 8.41. The maximum Gasteiger partial charge on any atom is 0.416 e. The molecule has 184 valence electrons. The zero-order valence-corrected chi connectivity index (χ0v) is 19.7. The summed E-state index contributed by atoms with van der Waals surface area (Å²) in [6, 6.07) is 6.77. The van der Waals surface area contributed by atoms with Gasteiger partial charge in [0.2, 0.25) is 0 Å². The predicted octanol–water partition coefficient (Wildman–Crippen LogP) is 4.20. The molecule has 0 bridgehead atoms. The van der Waals surface area contributed by atoms with Crippen molar-refractivity contribution in [2.45, 2.75) is 38.0 Å². The molecule has 1 atom stereocenters. The average molecular weight is 499 g/mol. The van der Waals surface area contributed by atoms with Crippen LogP contribution in [0.5, 0.6) is 11.5 Å². The van der Waals surface area contributed by atoms with Gasteiger partial charge in [-0.25, -0.2) is 13.2 Å². The van der Waals surface area contributed by atoms with Gasteiger partial charge in [0.05, 0.1) is 42.1 Å². The Hall–Kier alpha value is -2.95. The zero-order chi connectivity index (χ0) is 24.8. The van der Waals surface area contributed by atoms with Gasteiger partial charge in [-0.15, -0.1) is 0 Å². The van der Waals surface area contributed by atoms with E-state index in [2.05, 4.69) is 0 Å². The van der Waals surface area contributed by atoms with E-state index in [1.54, 1.807) is 25.1 Å². The minimum Gasteiger partial charge on any atom is -0.493 e. The summed E-state index contributed by atoms with van der Waals surface area (Å²) >= 11 is 0. The Balaban J connectivity index is 1.98. The standard InChI is InChI=1S/C23H25F3N2O5S/c1-4-33-21-11-14(5-10-20(21)32-2)19(13-34(3,30)31)28-17-9-6-15(23(24,25)26)12-18(17)27(22(28)29)16-7-8-16/h5-6,9-12,16,19H,4,7-8,13H2,1-3H3/t19-/m1/s1. The van der Waals surface area contributed by atoms with Gasteiger partial charge >= 0.3 is 11.9 Å². The number of alkyl halides is 3. The number of fused-ring (bicyclic) bond motifs is 1. The molecule has 1 aromatic heterocycles. The second kappa shape index (κ2) is 8.68. The monoisotopic (exact) mass is 498 g/mol. The predicted molar refractivity (Wildman–Crippen MR) is 121 cm³/mol. The van der Waals surface area contributed by atoms with Gasteiger partial charge < -0.3 is 9.47 Å². The second-order valence-corrected chi connectivity index (χ2v) is 10.6. The van der Waals surface area contributed by atoms with Crippen molar-refractivity contribution in [2.75, 3.05) is 25.7 Å². The Morgan fingerprint density at radius 2 is 1.79 bits per heavy atom. The van der Waals surface area contributed by atoms with E-state index >= 15 is 0 Å². The highest BCUT2D eigenvalue weighted by Gasteiger charge is 2.35. The van der Waals surface area contributed by atoms with Crippen molar-refractivity contribution >= 4 is 20.9 Å². The zero-order valence-electron chi connectivity index (χ0n) is 18.9. The third-order valence-corrected chi connectivity index (χ3v) is 6.71. The van der Waals surface area contributed by atoms with Crippen molar-refractivity contribution in [3.05, 3.63) is 58.0 Å². The fourth-order valence-corrected chi connectivity index (χ4v) is 5.10. The van der Waals surface area contributed by atoms with E-state index in [9.17, 15) is 26.4 Å². The van der Waals surface area contributed by atoms with Crippen LogP contribution in [0.4, 0.5) is 13.2 Å². The minimum atomic E-state index is -4.57. The van der Waals surface area contributed by atoms with Crippen molar-refractivity contribution in [1.82, 2.24) is 9.13 Å². The molecule has 0 spiro atoms. The molecule has 1 aliphatic rings. The Morgan fingerprint density at radius 1 is 1.09 bits per heavy atom. The van der Waals surface area contributed by atoms with E-state index in [0.717, 1.165) is 18.4 Å². The lowest BCUT2D eigenvalue weighted by Gasteiger charge is -2.20. The number of benzene rings is 2. The van der Waals surface area contributed by atoms with Crippen LogP contribution in [0, 0.1) is 0 Å². The van der Waals surface area contributed by atoms with Crippen molar-refractivity contribution in [3.8, 4) is 11.5 Å². The average Bonchev–Trinajstić information content (AvgIpc) is 3.53. The maximum atomic E-state index is 13.6. The van der Waals surface area contributed by atoms with E-state index in [1.807, 2.05) is 0 Å². The van der Waals surface area contributed by atoms with Gasteiger partial charge in [0.15, 0.2) is 11.5 Å². The molecular formula is C23H25F3N2O5S. The lowest BCUT2D eigenvalue weighted by atomic mass is 10.1. The number of rotatable bonds is 8. The van der Waals surface area contributed by atoms with Crippen molar-refractivity contribution < 1.29 is 31.1 Å². The molecule has 34 heavy (non-hydrogen) atoms. The third-order valence-electron chi connectivity index (χ3n) is 5.79. The topological polar surface area (TPSA) is 79.5 Å². The summed E-state index contributed by atoms with van der Waals surface area (Å²) in [5, 5.41) is 0. The van der Waals surface area contributed by atoms with Crippen LogP contribution >= 0.6 is 0 Å². The first-order valence-corrected chi connectivity index (χ1v) is 12.8. The van der Waals surface area contributed by atoms with Crippen LogP contribution in [0.2, 0.25) is 0 Å². The van der Waals surface area contributed by atoms with Crippen LogP contribution in [0.25, 0.3) is 11.0 Å². The van der Waals surface area contributed by atoms with Gasteiger partial charge in [-0.3, -0.25) is 9.13 Å². The summed E-state index contributed by atoms with van der Waals surface area (Å²) in [4.78, 5) is 13.6. The van der Waals surface area contributed by atoms with Crippen LogP contribution in [0.1, 0.15) is 43.0 Å². The minimum absolute atomic E-state index is 0.138. The molecule has 2 aromatic carbocycles. The molecule has 4 rings (SSSR count). The highest BCUT2D eigenvalue weighted by atomic mass is 32.2. The molecule has 0 aliphatic heterocycles. The number of ether oxygens (including phenoxy) is 2. The van der Waals surface area contributed by atoms with Gasteiger partial charge in [-0.1, -0.05) is 6.07 Å². The van der Waals surface area contributed by atoms with E-state index in [0.29, 0.717) is 36.5 Å². The number of imidazole rings is 1. The fraction of sp³-hybridized carbons (Fsp3) is 0.435. The number of halogens is 3. The fourth-order valence-electron chi connectivity index (χ4n) is 4.18. The van der Waals surface area contributed by atoms with E-state index in [1.165, 1.54) is 22.3 Å². The maximum absolute atomic E-state index is 13.6. The Kier molecular flexibility index (Phi) is 6.17. The molecule has 7 nitrogen and oxygen atoms in total. The van der Waals surface area contributed by atoms with Crippen LogP contribution in [-0.4, -0.2) is 43.3 Å². The van der Waals surface area contributed by atoms with Crippen LogP contribution in [0.3, 0.4) is 0 Å². The summed E-state index contributed by atoms with van der Waals surface area (Å²) < 4.78 is 78.5. The van der Waals surface area contributed by atoms with Gasteiger partial charge in [-0.2, -0.15) is 13.2 Å². The molecule has 3 aromatic rings. The molecule has 0 N–H and O–H groups in total. The summed E-state index contributed by atoms with van der Waals surface area (Å²) in [5.41, 5.74) is -0.563. The molecule has 1 fully saturated rings. The van der Waals surface area contributed by atoms with Crippen molar-refractivity contribution in [1.29, 1.82) is 0 Å². The van der Waals surface area contributed by atoms with E-state index in [4.69, 9.17) is 9.47 Å². The molecule has 1 saturated carbocycles. The van der Waals surface area contributed by atoms with Crippen molar-refractivity contribution in [3.63, 3.8) is 0 Å². The number of nitrogens with zero attached hydrogens (tertiary/aromatic N) is 2. The van der Waals surface area contributed by atoms with Crippen LogP contribution in [-0.2, 0) is 16.0 Å². The van der Waals surface area contributed by atoms with Gasteiger partial charge in [-0.05, 0) is 55.7 Å². The largest absolute Gasteiger partial charge is 0.493 e. The molecular weight excluding hydrogens is 473 g/mol. The van der Waals surface area contributed by atoms with Crippen molar-refractivity contribution in [2.24, 2.45) is 0 Å². The molecule has 0 radical (unpaired) electrons. The normalized spacial score (nSPS) is 15.5. The summed E-state index contributed by atoms with van der Waals surface area (Å²) in [6.45, 7) is 2.11. The number of hydrogen-bond donors (Lipinski definition) is 0. The summed E-state index contributed by atoms with van der Waals surface area (Å²) in [5.74, 6) is 0.390. The number of methoxy groups -OCH3 is 1. The first-order valence-electron chi connectivity index (χ1n) is 10.8. The van der Waals surface area contributed by atoms with E-state index in [-0.39, 0.29) is 17.1 Å². The first kappa shape index (κ1) is 24.2. The third kappa shape index (κ3) is 4.66. The highest BCUT2D eigenvalue weighted by Crippen LogP contribution is 2.40. The Bertz CT molecular complexity index is 1390. The molecule has 1 aliphatic carbocycles. The molecule has 0 saturated heterocycles. The Labute approximate surface area is 194 Å². The molecule has 0 unspecified atom stereocenters. The lowest BCUT2D eigenvalue weighted by Crippen LogP contribution is -2.31. The molecule has 0 amide bonds. The Morgan fingerprint density at radius 3 is 2.35 bits per heavy atom. The van der Waals surface area contributed by atoms with Gasteiger partial charge in [0, 0.05) is 12.3 Å². The smallest absolute Gasteiger partial charge is 0.416 e. The van der Waals surface area contributed by atoms with Crippen LogP contribution in [0.15, 0.2) is 41.2 Å². The number of sulfone groups is 1. The number of aromatic nitrogens is 2. The van der Waals surface area contributed by atoms with Gasteiger partial charge in [0.1, 0.15) is 9.84 Å². The SMILES string of the molecule is CCOc1cc([C@@H](CS(C)(=O)=O)n2c(=O)n(C3CC3)c3cc(C(F)(F)F)ccc32)ccc1OC. The highest BCUT2D eigenvalue weighted by molar-refractivity contribution is 7.90. The molecule has 11 heteroatoms. The van der Waals surface area contributed by atoms with Gasteiger partial charge in [0.25, 0.3) is 0 Å². The van der Waals surface area contributed by atoms with Crippen LogP contribution < -0.4 is 15.2 Å². The summed E-state index contributed by atoms with van der Waals surface area (Å²) in [6.07, 6.45) is -2.18. The first-order chi connectivity index (χ1) is 15.9. The molecule has 1 heterocycles. The number of hydrogen-bond acceptors (Lipinski definition) is 5. The summed E-state index contributed by atoms with van der Waals surface area (Å²) in [7, 11) is -2.12.